The molecule has 6 heteroatoms. The molecule has 0 radical (unpaired) electrons. The lowest BCUT2D eigenvalue weighted by Gasteiger charge is -2.23. The largest absolute Gasteiger partial charge is 0.321 e. The van der Waals surface area contributed by atoms with Crippen molar-refractivity contribution in [3.63, 3.8) is 0 Å². The van der Waals surface area contributed by atoms with Gasteiger partial charge in [-0.15, -0.1) is 10.2 Å². The van der Waals surface area contributed by atoms with Crippen LogP contribution < -0.4 is 5.73 Å². The highest BCUT2D eigenvalue weighted by atomic mass is 79.9. The van der Waals surface area contributed by atoms with E-state index in [1.54, 1.807) is 7.05 Å². The van der Waals surface area contributed by atoms with Crippen molar-refractivity contribution in [3.05, 3.63) is 40.1 Å². The number of tetrazole rings is 1. The van der Waals surface area contributed by atoms with Crippen LogP contribution in [0.1, 0.15) is 18.3 Å². The zero-order valence-electron chi connectivity index (χ0n) is 9.76. The molecule has 0 bridgehead atoms. The highest BCUT2D eigenvalue weighted by Crippen LogP contribution is 2.23. The lowest BCUT2D eigenvalue weighted by molar-refractivity contribution is 0.476. The van der Waals surface area contributed by atoms with Crippen molar-refractivity contribution < 1.29 is 0 Å². The number of rotatable bonds is 3. The Morgan fingerprint density at radius 1 is 1.47 bits per heavy atom. The lowest BCUT2D eigenvalue weighted by Crippen LogP contribution is -2.35. The van der Waals surface area contributed by atoms with Gasteiger partial charge in [-0.1, -0.05) is 28.1 Å². The molecule has 0 amide bonds. The van der Waals surface area contributed by atoms with E-state index in [9.17, 15) is 0 Å². The molecule has 0 aliphatic rings. The standard InChI is InChI=1S/C11H14BrN5/c1-11(13,7-10-14-16-17(2)15-10)8-4-3-5-9(12)6-8/h3-6H,7,13H2,1-2H3. The summed E-state index contributed by atoms with van der Waals surface area (Å²) in [6, 6.07) is 7.95. The average Bonchev–Trinajstić information content (AvgIpc) is 2.63. The van der Waals surface area contributed by atoms with Gasteiger partial charge in [0.2, 0.25) is 0 Å². The van der Waals surface area contributed by atoms with Gasteiger partial charge in [0.25, 0.3) is 0 Å². The van der Waals surface area contributed by atoms with E-state index in [0.29, 0.717) is 12.2 Å². The summed E-state index contributed by atoms with van der Waals surface area (Å²) < 4.78 is 1.01. The second-order valence-corrected chi connectivity index (χ2v) is 5.22. The summed E-state index contributed by atoms with van der Waals surface area (Å²) in [7, 11) is 1.74. The minimum Gasteiger partial charge on any atom is -0.321 e. The molecule has 1 aromatic heterocycles. The summed E-state index contributed by atoms with van der Waals surface area (Å²) in [4.78, 5) is 1.44. The molecular weight excluding hydrogens is 282 g/mol. The second-order valence-electron chi connectivity index (χ2n) is 4.30. The monoisotopic (exact) mass is 295 g/mol. The highest BCUT2D eigenvalue weighted by molar-refractivity contribution is 9.10. The van der Waals surface area contributed by atoms with Crippen molar-refractivity contribution >= 4 is 15.9 Å². The van der Waals surface area contributed by atoms with Crippen molar-refractivity contribution in [2.45, 2.75) is 18.9 Å². The van der Waals surface area contributed by atoms with Gasteiger partial charge in [-0.25, -0.2) is 0 Å². The molecule has 2 aromatic rings. The van der Waals surface area contributed by atoms with Crippen molar-refractivity contribution in [1.29, 1.82) is 0 Å². The normalized spacial score (nSPS) is 14.6. The van der Waals surface area contributed by atoms with Gasteiger partial charge in [0, 0.05) is 16.4 Å². The summed E-state index contributed by atoms with van der Waals surface area (Å²) >= 11 is 3.44. The maximum Gasteiger partial charge on any atom is 0.176 e. The van der Waals surface area contributed by atoms with E-state index >= 15 is 0 Å². The molecule has 0 aliphatic heterocycles. The topological polar surface area (TPSA) is 69.6 Å². The minimum atomic E-state index is -0.507. The van der Waals surface area contributed by atoms with Gasteiger partial charge < -0.3 is 5.73 Å². The number of nitrogens with zero attached hydrogens (tertiary/aromatic N) is 4. The van der Waals surface area contributed by atoms with E-state index < -0.39 is 5.54 Å². The third-order valence-corrected chi connectivity index (χ3v) is 3.05. The number of hydrogen-bond donors (Lipinski definition) is 1. The molecule has 0 saturated carbocycles. The number of benzene rings is 1. The number of aromatic nitrogens is 4. The number of nitrogens with two attached hydrogens (primary N) is 1. The fraction of sp³-hybridized carbons (Fsp3) is 0.364. The molecule has 1 atom stereocenters. The van der Waals surface area contributed by atoms with Crippen molar-refractivity contribution in [2.75, 3.05) is 0 Å². The third kappa shape index (κ3) is 2.89. The van der Waals surface area contributed by atoms with E-state index in [-0.39, 0.29) is 0 Å². The van der Waals surface area contributed by atoms with Gasteiger partial charge in [0.15, 0.2) is 5.82 Å². The van der Waals surface area contributed by atoms with E-state index in [1.807, 2.05) is 31.2 Å². The Morgan fingerprint density at radius 3 is 2.82 bits per heavy atom. The van der Waals surface area contributed by atoms with Crippen molar-refractivity contribution in [3.8, 4) is 0 Å². The Hall–Kier alpha value is -1.27. The fourth-order valence-electron chi connectivity index (χ4n) is 1.67. The van der Waals surface area contributed by atoms with Crippen LogP contribution in [0.2, 0.25) is 0 Å². The van der Waals surface area contributed by atoms with Gasteiger partial charge in [-0.2, -0.15) is 4.80 Å². The van der Waals surface area contributed by atoms with Crippen LogP contribution in [-0.2, 0) is 19.0 Å². The molecule has 0 aliphatic carbocycles. The van der Waals surface area contributed by atoms with E-state index in [2.05, 4.69) is 31.3 Å². The molecule has 5 nitrogen and oxygen atoms in total. The van der Waals surface area contributed by atoms with Crippen LogP contribution in [0, 0.1) is 0 Å². The predicted octanol–water partition coefficient (Wildman–Crippen LogP) is 1.39. The van der Waals surface area contributed by atoms with E-state index in [4.69, 9.17) is 5.73 Å². The smallest absolute Gasteiger partial charge is 0.176 e. The average molecular weight is 296 g/mol. The van der Waals surface area contributed by atoms with E-state index in [0.717, 1.165) is 10.0 Å². The van der Waals surface area contributed by atoms with Crippen LogP contribution in [0.4, 0.5) is 0 Å². The quantitative estimate of drug-likeness (QED) is 0.929. The fourth-order valence-corrected chi connectivity index (χ4v) is 2.07. The number of aryl methyl sites for hydroxylation is 1. The first-order chi connectivity index (χ1) is 7.97. The third-order valence-electron chi connectivity index (χ3n) is 2.56. The maximum absolute atomic E-state index is 6.31. The summed E-state index contributed by atoms with van der Waals surface area (Å²) in [5, 5.41) is 11.9. The van der Waals surface area contributed by atoms with Gasteiger partial charge in [0.05, 0.1) is 7.05 Å². The van der Waals surface area contributed by atoms with Gasteiger partial charge in [-0.3, -0.25) is 0 Å². The van der Waals surface area contributed by atoms with E-state index in [1.165, 1.54) is 4.80 Å². The van der Waals surface area contributed by atoms with Crippen LogP contribution >= 0.6 is 15.9 Å². The molecule has 2 N–H and O–H groups in total. The summed E-state index contributed by atoms with van der Waals surface area (Å²) in [6.07, 6.45) is 0.553. The molecule has 0 saturated heterocycles. The van der Waals surface area contributed by atoms with Crippen LogP contribution in [0.5, 0.6) is 0 Å². The molecular formula is C11H14BrN5. The first-order valence-electron chi connectivity index (χ1n) is 5.25. The van der Waals surface area contributed by atoms with Gasteiger partial charge >= 0.3 is 0 Å². The molecule has 1 heterocycles. The number of halogens is 1. The second kappa shape index (κ2) is 4.54. The Kier molecular flexibility index (Phi) is 3.26. The van der Waals surface area contributed by atoms with Gasteiger partial charge in [-0.05, 0) is 29.8 Å². The highest BCUT2D eigenvalue weighted by Gasteiger charge is 2.24. The molecule has 0 fully saturated rings. The summed E-state index contributed by atoms with van der Waals surface area (Å²) in [5.74, 6) is 0.650. The minimum absolute atomic E-state index is 0.507. The summed E-state index contributed by atoms with van der Waals surface area (Å²) in [6.45, 7) is 1.96. The molecule has 90 valence electrons. The Morgan fingerprint density at radius 2 is 2.24 bits per heavy atom. The molecule has 1 aromatic carbocycles. The first-order valence-corrected chi connectivity index (χ1v) is 6.04. The van der Waals surface area contributed by atoms with Crippen LogP contribution in [-0.4, -0.2) is 20.2 Å². The Labute approximate surface area is 108 Å². The number of hydrogen-bond acceptors (Lipinski definition) is 4. The molecule has 0 spiro atoms. The Bertz CT molecular complexity index is 520. The van der Waals surface area contributed by atoms with Crippen LogP contribution in [0.25, 0.3) is 0 Å². The molecule has 17 heavy (non-hydrogen) atoms. The summed E-state index contributed by atoms with van der Waals surface area (Å²) in [5.41, 5.74) is 6.84. The molecule has 1 unspecified atom stereocenters. The van der Waals surface area contributed by atoms with Crippen LogP contribution in [0.15, 0.2) is 28.7 Å². The SMILES string of the molecule is Cn1nnc(CC(C)(N)c2cccc(Br)c2)n1. The van der Waals surface area contributed by atoms with Crippen LogP contribution in [0.3, 0.4) is 0 Å². The zero-order chi connectivity index (χ0) is 12.5. The van der Waals surface area contributed by atoms with Crippen molar-refractivity contribution in [1.82, 2.24) is 20.2 Å². The maximum atomic E-state index is 6.31. The first kappa shape index (κ1) is 12.2. The van der Waals surface area contributed by atoms with Crippen molar-refractivity contribution in [2.24, 2.45) is 12.8 Å². The predicted molar refractivity (Wildman–Crippen MR) is 68.2 cm³/mol. The Balaban J connectivity index is 2.24. The van der Waals surface area contributed by atoms with Gasteiger partial charge in [0.1, 0.15) is 0 Å². The molecule has 2 rings (SSSR count). The zero-order valence-corrected chi connectivity index (χ0v) is 11.3. The lowest BCUT2D eigenvalue weighted by atomic mass is 9.90.